The lowest BCUT2D eigenvalue weighted by Gasteiger charge is -2.22. The second kappa shape index (κ2) is 5.29. The average molecular weight is 262 g/mol. The third-order valence-electron chi connectivity index (χ3n) is 3.58. The maximum absolute atomic E-state index is 6.23. The van der Waals surface area contributed by atoms with Crippen LogP contribution < -0.4 is 5.73 Å². The predicted octanol–water partition coefficient (Wildman–Crippen LogP) is 4.41. The van der Waals surface area contributed by atoms with Crippen LogP contribution in [0, 0.1) is 5.41 Å². The van der Waals surface area contributed by atoms with Gasteiger partial charge in [-0.15, -0.1) is 0 Å². The van der Waals surface area contributed by atoms with Gasteiger partial charge >= 0.3 is 0 Å². The highest BCUT2D eigenvalue weighted by Crippen LogP contribution is 2.29. The van der Waals surface area contributed by atoms with Crippen molar-refractivity contribution in [3.63, 3.8) is 0 Å². The van der Waals surface area contributed by atoms with Crippen molar-refractivity contribution in [2.75, 3.05) is 6.54 Å². The van der Waals surface area contributed by atoms with Crippen LogP contribution in [0.25, 0.3) is 10.8 Å². The first-order valence-corrected chi connectivity index (χ1v) is 6.77. The first-order chi connectivity index (χ1) is 8.53. The van der Waals surface area contributed by atoms with Crippen molar-refractivity contribution in [1.82, 2.24) is 0 Å². The molecule has 0 aliphatic carbocycles. The number of hydrogen-bond acceptors (Lipinski definition) is 1. The van der Waals surface area contributed by atoms with Gasteiger partial charge in [-0.05, 0) is 41.8 Å². The quantitative estimate of drug-likeness (QED) is 0.867. The van der Waals surface area contributed by atoms with Crippen LogP contribution in [-0.2, 0) is 6.42 Å². The van der Waals surface area contributed by atoms with Crippen LogP contribution in [0.4, 0.5) is 0 Å². The summed E-state index contributed by atoms with van der Waals surface area (Å²) in [5.41, 5.74) is 7.34. The summed E-state index contributed by atoms with van der Waals surface area (Å²) in [5.74, 6) is 0. The van der Waals surface area contributed by atoms with E-state index in [0.717, 1.165) is 29.8 Å². The van der Waals surface area contributed by atoms with Crippen molar-refractivity contribution in [1.29, 1.82) is 0 Å². The van der Waals surface area contributed by atoms with Crippen LogP contribution in [0.1, 0.15) is 25.8 Å². The smallest absolute Gasteiger partial charge is 0.0484 e. The second-order valence-corrected chi connectivity index (χ2v) is 6.03. The van der Waals surface area contributed by atoms with Gasteiger partial charge < -0.3 is 5.73 Å². The van der Waals surface area contributed by atoms with Crippen LogP contribution >= 0.6 is 11.6 Å². The standard InChI is InChI=1S/C16H20ClN/c1-16(2,11-18)10-9-12-7-8-15(17)14-6-4-3-5-13(12)14/h3-8H,9-11,18H2,1-2H3. The van der Waals surface area contributed by atoms with E-state index < -0.39 is 0 Å². The highest BCUT2D eigenvalue weighted by Gasteiger charge is 2.16. The first kappa shape index (κ1) is 13.4. The van der Waals surface area contributed by atoms with E-state index in [1.165, 1.54) is 10.9 Å². The molecule has 2 aromatic carbocycles. The van der Waals surface area contributed by atoms with Crippen LogP contribution in [-0.4, -0.2) is 6.54 Å². The molecule has 2 heteroatoms. The van der Waals surface area contributed by atoms with Crippen LogP contribution in [0.3, 0.4) is 0 Å². The molecule has 18 heavy (non-hydrogen) atoms. The number of nitrogens with two attached hydrogens (primary N) is 1. The Balaban J connectivity index is 2.32. The highest BCUT2D eigenvalue weighted by atomic mass is 35.5. The number of benzene rings is 2. The summed E-state index contributed by atoms with van der Waals surface area (Å²) in [6.45, 7) is 5.15. The Labute approximate surface area is 114 Å². The van der Waals surface area contributed by atoms with Crippen molar-refractivity contribution >= 4 is 22.4 Å². The Morgan fingerprint density at radius 3 is 2.39 bits per heavy atom. The van der Waals surface area contributed by atoms with Crippen molar-refractivity contribution < 1.29 is 0 Å². The van der Waals surface area contributed by atoms with E-state index in [-0.39, 0.29) is 5.41 Å². The fraction of sp³-hybridized carbons (Fsp3) is 0.375. The Morgan fingerprint density at radius 2 is 1.72 bits per heavy atom. The maximum atomic E-state index is 6.23. The SMILES string of the molecule is CC(C)(CN)CCc1ccc(Cl)c2ccccc12. The molecular weight excluding hydrogens is 242 g/mol. The van der Waals surface area contributed by atoms with Crippen molar-refractivity contribution in [2.45, 2.75) is 26.7 Å². The predicted molar refractivity (Wildman–Crippen MR) is 80.1 cm³/mol. The van der Waals surface area contributed by atoms with E-state index >= 15 is 0 Å². The van der Waals surface area contributed by atoms with Gasteiger partial charge in [0.05, 0.1) is 0 Å². The lowest BCUT2D eigenvalue weighted by atomic mass is 9.85. The monoisotopic (exact) mass is 261 g/mol. The molecule has 0 aromatic heterocycles. The molecule has 0 heterocycles. The largest absolute Gasteiger partial charge is 0.330 e. The molecule has 2 aromatic rings. The second-order valence-electron chi connectivity index (χ2n) is 5.62. The summed E-state index contributed by atoms with van der Waals surface area (Å²) >= 11 is 6.23. The van der Waals surface area contributed by atoms with Gasteiger partial charge in [-0.3, -0.25) is 0 Å². The lowest BCUT2D eigenvalue weighted by molar-refractivity contribution is 0.348. The molecule has 0 aliphatic rings. The van der Waals surface area contributed by atoms with Gasteiger partial charge in [0.25, 0.3) is 0 Å². The Hall–Kier alpha value is -1.05. The van der Waals surface area contributed by atoms with Crippen molar-refractivity contribution in [3.8, 4) is 0 Å². The zero-order chi connectivity index (χ0) is 13.2. The van der Waals surface area contributed by atoms with E-state index in [1.807, 2.05) is 12.1 Å². The zero-order valence-corrected chi connectivity index (χ0v) is 11.8. The molecule has 2 N–H and O–H groups in total. The van der Waals surface area contributed by atoms with Crippen LogP contribution in [0.5, 0.6) is 0 Å². The molecule has 0 atom stereocenters. The maximum Gasteiger partial charge on any atom is 0.0484 e. The third kappa shape index (κ3) is 2.85. The zero-order valence-electron chi connectivity index (χ0n) is 11.0. The molecule has 0 unspecified atom stereocenters. The number of halogens is 1. The van der Waals surface area contributed by atoms with Gasteiger partial charge in [-0.2, -0.15) is 0 Å². The highest BCUT2D eigenvalue weighted by molar-refractivity contribution is 6.35. The Bertz CT molecular complexity index is 546. The van der Waals surface area contributed by atoms with Gasteiger partial charge in [0.15, 0.2) is 0 Å². The molecule has 2 rings (SSSR count). The molecule has 0 saturated carbocycles. The van der Waals surface area contributed by atoms with Gasteiger partial charge in [0.2, 0.25) is 0 Å². The molecule has 96 valence electrons. The molecule has 0 amide bonds. The Morgan fingerprint density at radius 1 is 1.06 bits per heavy atom. The minimum atomic E-state index is 0.195. The molecule has 0 bridgehead atoms. The van der Waals surface area contributed by atoms with E-state index in [0.29, 0.717) is 0 Å². The summed E-state index contributed by atoms with van der Waals surface area (Å²) in [4.78, 5) is 0. The summed E-state index contributed by atoms with van der Waals surface area (Å²) in [5, 5.41) is 3.23. The number of hydrogen-bond donors (Lipinski definition) is 1. The average Bonchev–Trinajstić information content (AvgIpc) is 2.38. The van der Waals surface area contributed by atoms with Gasteiger partial charge in [0, 0.05) is 10.4 Å². The summed E-state index contributed by atoms with van der Waals surface area (Å²) in [6.07, 6.45) is 2.14. The molecule has 0 fully saturated rings. The third-order valence-corrected chi connectivity index (χ3v) is 3.91. The van der Waals surface area contributed by atoms with E-state index in [2.05, 4.69) is 38.1 Å². The Kier molecular flexibility index (Phi) is 3.94. The molecule has 0 aliphatic heterocycles. The van der Waals surface area contributed by atoms with Crippen LogP contribution in [0.15, 0.2) is 36.4 Å². The molecule has 1 nitrogen and oxygen atoms in total. The topological polar surface area (TPSA) is 26.0 Å². The normalized spacial score (nSPS) is 12.0. The summed E-state index contributed by atoms with van der Waals surface area (Å²) < 4.78 is 0. The van der Waals surface area contributed by atoms with E-state index in [4.69, 9.17) is 17.3 Å². The minimum absolute atomic E-state index is 0.195. The minimum Gasteiger partial charge on any atom is -0.330 e. The number of aryl methyl sites for hydroxylation is 1. The fourth-order valence-corrected chi connectivity index (χ4v) is 2.35. The number of rotatable bonds is 4. The van der Waals surface area contributed by atoms with Gasteiger partial charge in [-0.1, -0.05) is 55.8 Å². The van der Waals surface area contributed by atoms with Crippen molar-refractivity contribution in [3.05, 3.63) is 47.0 Å². The van der Waals surface area contributed by atoms with Gasteiger partial charge in [0.1, 0.15) is 0 Å². The lowest BCUT2D eigenvalue weighted by Crippen LogP contribution is -2.24. The molecule has 0 spiro atoms. The van der Waals surface area contributed by atoms with Gasteiger partial charge in [-0.25, -0.2) is 0 Å². The van der Waals surface area contributed by atoms with Crippen molar-refractivity contribution in [2.24, 2.45) is 11.1 Å². The fourth-order valence-electron chi connectivity index (χ4n) is 2.12. The molecule has 0 radical (unpaired) electrons. The molecule has 0 saturated heterocycles. The van der Waals surface area contributed by atoms with E-state index in [1.54, 1.807) is 0 Å². The molecular formula is C16H20ClN. The van der Waals surface area contributed by atoms with Crippen LogP contribution in [0.2, 0.25) is 5.02 Å². The first-order valence-electron chi connectivity index (χ1n) is 6.40. The summed E-state index contributed by atoms with van der Waals surface area (Å²) in [7, 11) is 0. The summed E-state index contributed by atoms with van der Waals surface area (Å²) in [6, 6.07) is 12.4. The van der Waals surface area contributed by atoms with E-state index in [9.17, 15) is 0 Å². The number of fused-ring (bicyclic) bond motifs is 1.